The lowest BCUT2D eigenvalue weighted by Crippen LogP contribution is -2.36. The van der Waals surface area contributed by atoms with Crippen LogP contribution in [0.1, 0.15) is 19.3 Å². The Kier molecular flexibility index (Phi) is 5.77. The van der Waals surface area contributed by atoms with Gasteiger partial charge in [0, 0.05) is 27.2 Å². The molecule has 0 aliphatic carbocycles. The van der Waals surface area contributed by atoms with E-state index in [1.807, 2.05) is 0 Å². The van der Waals surface area contributed by atoms with E-state index in [4.69, 9.17) is 18.3 Å². The van der Waals surface area contributed by atoms with Crippen LogP contribution in [-0.2, 0) is 18.3 Å². The molecule has 1 rings (SSSR count). The Morgan fingerprint density at radius 1 is 1.27 bits per heavy atom. The molecule has 0 saturated carbocycles. The molecule has 1 saturated heterocycles. The van der Waals surface area contributed by atoms with Crippen LogP contribution in [0.3, 0.4) is 0 Å². The molecule has 0 aromatic rings. The summed E-state index contributed by atoms with van der Waals surface area (Å²) in [5, 5.41) is 0. The Hall–Kier alpha value is 0.0569. The van der Waals surface area contributed by atoms with E-state index in [-0.39, 0.29) is 6.29 Å². The highest BCUT2D eigenvalue weighted by Gasteiger charge is 2.27. The Labute approximate surface area is 93.1 Å². The van der Waals surface area contributed by atoms with Crippen LogP contribution < -0.4 is 0 Å². The lowest BCUT2D eigenvalue weighted by atomic mass is 10.3. The first-order chi connectivity index (χ1) is 7.20. The Morgan fingerprint density at radius 2 is 1.93 bits per heavy atom. The van der Waals surface area contributed by atoms with Gasteiger partial charge < -0.3 is 18.3 Å². The molecule has 0 radical (unpaired) electrons. The van der Waals surface area contributed by atoms with Gasteiger partial charge in [0.25, 0.3) is 0 Å². The minimum atomic E-state index is -1.86. The number of rotatable bonds is 8. The van der Waals surface area contributed by atoms with Gasteiger partial charge in [-0.2, -0.15) is 0 Å². The molecule has 4 nitrogen and oxygen atoms in total. The Balaban J connectivity index is 1.95. The minimum absolute atomic E-state index is 0.0680. The van der Waals surface area contributed by atoms with Crippen molar-refractivity contribution in [1.82, 2.24) is 0 Å². The van der Waals surface area contributed by atoms with E-state index >= 15 is 0 Å². The maximum Gasteiger partial charge on any atom is 0.334 e. The summed E-state index contributed by atoms with van der Waals surface area (Å²) < 4.78 is 21.4. The van der Waals surface area contributed by atoms with E-state index in [0.29, 0.717) is 0 Å². The van der Waals surface area contributed by atoms with Crippen molar-refractivity contribution in [3.8, 4) is 0 Å². The van der Waals surface area contributed by atoms with Crippen molar-refractivity contribution in [2.75, 3.05) is 27.4 Å². The predicted molar refractivity (Wildman–Crippen MR) is 60.0 cm³/mol. The van der Waals surface area contributed by atoms with Crippen LogP contribution in [0, 0.1) is 0 Å². The Bertz CT molecular complexity index is 169. The molecule has 0 N–H and O–H groups in total. The van der Waals surface area contributed by atoms with Crippen LogP contribution in [0.2, 0.25) is 12.6 Å². The molecule has 0 spiro atoms. The summed E-state index contributed by atoms with van der Waals surface area (Å²) in [5.74, 6) is 0. The molecule has 0 aromatic heterocycles. The van der Waals surface area contributed by atoms with Gasteiger partial charge in [-0.3, -0.25) is 0 Å². The number of ether oxygens (including phenoxy) is 2. The summed E-state index contributed by atoms with van der Waals surface area (Å²) in [6.07, 6.45) is 3.26. The molecule has 1 aliphatic heterocycles. The number of hydrogen-bond donors (Lipinski definition) is 0. The molecule has 1 atom stereocenters. The molecule has 5 heteroatoms. The van der Waals surface area contributed by atoms with Gasteiger partial charge in [0.05, 0.1) is 6.61 Å². The summed E-state index contributed by atoms with van der Waals surface area (Å²) in [6.45, 7) is 3.72. The SMILES string of the molecule is CO[Si](C)(CCCCOC1CCO1)OC. The van der Waals surface area contributed by atoms with E-state index < -0.39 is 8.56 Å². The van der Waals surface area contributed by atoms with Crippen LogP contribution in [-0.4, -0.2) is 42.3 Å². The monoisotopic (exact) mass is 234 g/mol. The smallest absolute Gasteiger partial charge is 0.334 e. The zero-order valence-corrected chi connectivity index (χ0v) is 11.0. The van der Waals surface area contributed by atoms with Gasteiger partial charge in [-0.25, -0.2) is 0 Å². The first-order valence-electron chi connectivity index (χ1n) is 5.54. The molecule has 1 aliphatic rings. The molecule has 0 bridgehead atoms. The largest absolute Gasteiger partial charge is 0.398 e. The van der Waals surface area contributed by atoms with Crippen molar-refractivity contribution in [3.63, 3.8) is 0 Å². The van der Waals surface area contributed by atoms with E-state index in [0.717, 1.165) is 38.5 Å². The molecule has 0 amide bonds. The van der Waals surface area contributed by atoms with Gasteiger partial charge in [0.1, 0.15) is 0 Å². The van der Waals surface area contributed by atoms with Gasteiger partial charge >= 0.3 is 8.56 Å². The van der Waals surface area contributed by atoms with Crippen molar-refractivity contribution in [3.05, 3.63) is 0 Å². The van der Waals surface area contributed by atoms with Crippen LogP contribution in [0.25, 0.3) is 0 Å². The zero-order chi connectivity index (χ0) is 11.1. The molecule has 1 fully saturated rings. The van der Waals surface area contributed by atoms with Crippen molar-refractivity contribution >= 4 is 8.56 Å². The van der Waals surface area contributed by atoms with E-state index in [1.54, 1.807) is 14.2 Å². The standard InChI is InChI=1S/C10H22O4Si/c1-11-15(3,12-2)9-5-4-7-13-10-6-8-14-10/h10H,4-9H2,1-3H3. The van der Waals surface area contributed by atoms with Crippen LogP contribution in [0.4, 0.5) is 0 Å². The third-order valence-corrected chi connectivity index (χ3v) is 5.84. The Morgan fingerprint density at radius 3 is 2.40 bits per heavy atom. The molecule has 15 heavy (non-hydrogen) atoms. The first kappa shape index (κ1) is 13.1. The summed E-state index contributed by atoms with van der Waals surface area (Å²) >= 11 is 0. The number of hydrogen-bond acceptors (Lipinski definition) is 4. The van der Waals surface area contributed by atoms with Gasteiger partial charge in [-0.05, 0) is 25.4 Å². The third-order valence-electron chi connectivity index (χ3n) is 2.85. The lowest BCUT2D eigenvalue weighted by molar-refractivity contribution is -0.214. The second-order valence-electron chi connectivity index (χ2n) is 3.96. The van der Waals surface area contributed by atoms with Gasteiger partial charge in [0.2, 0.25) is 0 Å². The van der Waals surface area contributed by atoms with Crippen LogP contribution in [0.15, 0.2) is 0 Å². The summed E-state index contributed by atoms with van der Waals surface area (Å²) in [5.41, 5.74) is 0. The summed E-state index contributed by atoms with van der Waals surface area (Å²) in [7, 11) is 1.61. The molecular formula is C10H22O4Si. The second kappa shape index (κ2) is 6.60. The molecule has 1 unspecified atom stereocenters. The van der Waals surface area contributed by atoms with Crippen molar-refractivity contribution in [2.24, 2.45) is 0 Å². The van der Waals surface area contributed by atoms with E-state index in [9.17, 15) is 0 Å². The summed E-state index contributed by atoms with van der Waals surface area (Å²) in [6, 6.07) is 1.02. The maximum absolute atomic E-state index is 5.47. The highest BCUT2D eigenvalue weighted by atomic mass is 28.4. The van der Waals surface area contributed by atoms with Crippen molar-refractivity contribution in [2.45, 2.75) is 38.1 Å². The van der Waals surface area contributed by atoms with Crippen molar-refractivity contribution in [1.29, 1.82) is 0 Å². The lowest BCUT2D eigenvalue weighted by Gasteiger charge is -2.26. The normalized spacial score (nSPS) is 21.4. The fourth-order valence-electron chi connectivity index (χ4n) is 1.40. The maximum atomic E-state index is 5.47. The van der Waals surface area contributed by atoms with Crippen LogP contribution >= 0.6 is 0 Å². The quantitative estimate of drug-likeness (QED) is 0.475. The van der Waals surface area contributed by atoms with Crippen molar-refractivity contribution < 1.29 is 18.3 Å². The predicted octanol–water partition coefficient (Wildman–Crippen LogP) is 1.89. The first-order valence-corrected chi connectivity index (χ1v) is 8.06. The fraction of sp³-hybridized carbons (Fsp3) is 1.00. The summed E-state index contributed by atoms with van der Waals surface area (Å²) in [4.78, 5) is 0. The number of unbranched alkanes of at least 4 members (excludes halogenated alkanes) is 1. The fourth-order valence-corrected chi connectivity index (χ4v) is 2.86. The zero-order valence-electron chi connectivity index (χ0n) is 9.95. The molecular weight excluding hydrogens is 212 g/mol. The topological polar surface area (TPSA) is 36.9 Å². The average Bonchev–Trinajstić information content (AvgIpc) is 2.20. The minimum Gasteiger partial charge on any atom is -0.398 e. The highest BCUT2D eigenvalue weighted by molar-refractivity contribution is 6.65. The van der Waals surface area contributed by atoms with Crippen LogP contribution in [0.5, 0.6) is 0 Å². The highest BCUT2D eigenvalue weighted by Crippen LogP contribution is 2.16. The van der Waals surface area contributed by atoms with Gasteiger partial charge in [0.15, 0.2) is 6.29 Å². The molecule has 0 aromatic carbocycles. The molecule has 1 heterocycles. The van der Waals surface area contributed by atoms with Gasteiger partial charge in [-0.1, -0.05) is 0 Å². The van der Waals surface area contributed by atoms with Gasteiger partial charge in [-0.15, -0.1) is 0 Å². The second-order valence-corrected chi connectivity index (χ2v) is 7.54. The third kappa shape index (κ3) is 4.61. The van der Waals surface area contributed by atoms with E-state index in [2.05, 4.69) is 6.55 Å². The average molecular weight is 234 g/mol. The molecule has 90 valence electrons. The van der Waals surface area contributed by atoms with E-state index in [1.165, 1.54) is 0 Å².